The van der Waals surface area contributed by atoms with Gasteiger partial charge in [-0.05, 0) is 12.1 Å². The van der Waals surface area contributed by atoms with Crippen molar-refractivity contribution < 1.29 is 9.47 Å². The molecule has 1 aromatic heterocycles. The Hall–Kier alpha value is -1.00. The smallest absolute Gasteiger partial charge is 0.188 e. The highest BCUT2D eigenvalue weighted by Crippen LogP contribution is 2.38. The van der Waals surface area contributed by atoms with Gasteiger partial charge in [-0.2, -0.15) is 0 Å². The van der Waals surface area contributed by atoms with E-state index >= 15 is 0 Å². The largest absolute Gasteiger partial charge is 0.493 e. The van der Waals surface area contributed by atoms with Crippen molar-refractivity contribution in [3.63, 3.8) is 0 Å². The maximum absolute atomic E-state index is 5.82. The van der Waals surface area contributed by atoms with Gasteiger partial charge >= 0.3 is 0 Å². The Kier molecular flexibility index (Phi) is 2.48. The molecule has 0 aliphatic carbocycles. The number of hydrogen-bond donors (Lipinski definition) is 0. The number of benzene rings is 1. The predicted octanol–water partition coefficient (Wildman–Crippen LogP) is 2.97. The van der Waals surface area contributed by atoms with Crippen molar-refractivity contribution in [2.45, 2.75) is 0 Å². The van der Waals surface area contributed by atoms with E-state index in [4.69, 9.17) is 21.1 Å². The molecule has 0 saturated carbocycles. The van der Waals surface area contributed by atoms with E-state index in [1.165, 1.54) is 11.3 Å². The van der Waals surface area contributed by atoms with Crippen molar-refractivity contribution >= 4 is 33.2 Å². The number of hydrogen-bond acceptors (Lipinski definition) is 4. The van der Waals surface area contributed by atoms with Crippen LogP contribution >= 0.6 is 22.9 Å². The third kappa shape index (κ3) is 1.40. The van der Waals surface area contributed by atoms with Gasteiger partial charge in [-0.3, -0.25) is 0 Å². The molecule has 0 atom stereocenters. The summed E-state index contributed by atoms with van der Waals surface area (Å²) < 4.78 is 11.9. The molecule has 0 spiro atoms. The molecule has 0 bridgehead atoms. The van der Waals surface area contributed by atoms with E-state index < -0.39 is 0 Å². The van der Waals surface area contributed by atoms with Gasteiger partial charge < -0.3 is 9.47 Å². The standard InChI is InChI=1S/C9H8ClNO2S/c1-12-5-3-4-6-7(8(5)13-2)11-9(10)14-6/h3-4H,1-2H3. The summed E-state index contributed by atoms with van der Waals surface area (Å²) in [4.78, 5) is 4.17. The van der Waals surface area contributed by atoms with Crippen LogP contribution in [-0.2, 0) is 0 Å². The molecule has 0 aliphatic rings. The van der Waals surface area contributed by atoms with Gasteiger partial charge in [-0.1, -0.05) is 11.6 Å². The molecule has 3 nitrogen and oxygen atoms in total. The number of nitrogens with zero attached hydrogens (tertiary/aromatic N) is 1. The summed E-state index contributed by atoms with van der Waals surface area (Å²) in [5, 5.41) is 0. The SMILES string of the molecule is COc1ccc2sc(Cl)nc2c1OC. The van der Waals surface area contributed by atoms with Crippen LogP contribution in [-0.4, -0.2) is 19.2 Å². The molecular formula is C9H8ClNO2S. The fourth-order valence-electron chi connectivity index (χ4n) is 1.28. The zero-order valence-corrected chi connectivity index (χ0v) is 9.28. The second kappa shape index (κ2) is 3.63. The van der Waals surface area contributed by atoms with Crippen LogP contribution in [0.15, 0.2) is 12.1 Å². The Labute approximate surface area is 90.2 Å². The van der Waals surface area contributed by atoms with E-state index in [0.717, 1.165) is 10.2 Å². The van der Waals surface area contributed by atoms with Gasteiger partial charge in [0.25, 0.3) is 0 Å². The molecule has 1 heterocycles. The van der Waals surface area contributed by atoms with Crippen LogP contribution in [0.4, 0.5) is 0 Å². The van der Waals surface area contributed by atoms with Crippen LogP contribution in [0, 0.1) is 0 Å². The number of aromatic nitrogens is 1. The van der Waals surface area contributed by atoms with Crippen LogP contribution in [0.5, 0.6) is 11.5 Å². The zero-order valence-electron chi connectivity index (χ0n) is 7.70. The van der Waals surface area contributed by atoms with Crippen molar-refractivity contribution in [3.05, 3.63) is 16.6 Å². The highest BCUT2D eigenvalue weighted by molar-refractivity contribution is 7.22. The van der Waals surface area contributed by atoms with Gasteiger partial charge in [-0.25, -0.2) is 4.98 Å². The minimum Gasteiger partial charge on any atom is -0.493 e. The van der Waals surface area contributed by atoms with E-state index in [1.54, 1.807) is 14.2 Å². The lowest BCUT2D eigenvalue weighted by molar-refractivity contribution is 0.358. The first-order valence-corrected chi connectivity index (χ1v) is 5.12. The summed E-state index contributed by atoms with van der Waals surface area (Å²) in [6, 6.07) is 3.76. The number of rotatable bonds is 2. The van der Waals surface area contributed by atoms with Crippen LogP contribution in [0.2, 0.25) is 4.47 Å². The normalized spacial score (nSPS) is 10.5. The van der Waals surface area contributed by atoms with E-state index in [9.17, 15) is 0 Å². The molecule has 0 amide bonds. The minimum absolute atomic E-state index is 0.506. The number of fused-ring (bicyclic) bond motifs is 1. The summed E-state index contributed by atoms with van der Waals surface area (Å²) in [5.41, 5.74) is 0.752. The average molecular weight is 230 g/mol. The number of thiazole rings is 1. The van der Waals surface area contributed by atoms with E-state index in [-0.39, 0.29) is 0 Å². The van der Waals surface area contributed by atoms with Crippen molar-refractivity contribution in [1.82, 2.24) is 4.98 Å². The van der Waals surface area contributed by atoms with Crippen molar-refractivity contribution in [2.75, 3.05) is 14.2 Å². The lowest BCUT2D eigenvalue weighted by Crippen LogP contribution is -1.90. The van der Waals surface area contributed by atoms with Crippen molar-refractivity contribution in [3.8, 4) is 11.5 Å². The van der Waals surface area contributed by atoms with Gasteiger partial charge in [0.05, 0.1) is 18.9 Å². The van der Waals surface area contributed by atoms with Gasteiger partial charge in [0.1, 0.15) is 5.52 Å². The van der Waals surface area contributed by atoms with E-state index in [0.29, 0.717) is 16.0 Å². The van der Waals surface area contributed by atoms with Crippen LogP contribution in [0.25, 0.3) is 10.2 Å². The second-order valence-electron chi connectivity index (χ2n) is 2.61. The zero-order chi connectivity index (χ0) is 10.1. The Balaban J connectivity index is 2.75. The van der Waals surface area contributed by atoms with Gasteiger partial charge in [0.15, 0.2) is 16.0 Å². The number of halogens is 1. The minimum atomic E-state index is 0.506. The van der Waals surface area contributed by atoms with E-state index in [2.05, 4.69) is 4.98 Å². The Morgan fingerprint density at radius 1 is 1.29 bits per heavy atom. The van der Waals surface area contributed by atoms with E-state index in [1.807, 2.05) is 12.1 Å². The monoisotopic (exact) mass is 229 g/mol. The van der Waals surface area contributed by atoms with Crippen molar-refractivity contribution in [2.24, 2.45) is 0 Å². The van der Waals surface area contributed by atoms with Gasteiger partial charge in [0.2, 0.25) is 0 Å². The van der Waals surface area contributed by atoms with Crippen LogP contribution < -0.4 is 9.47 Å². The quantitative estimate of drug-likeness (QED) is 0.794. The third-order valence-electron chi connectivity index (χ3n) is 1.88. The molecule has 1 aromatic carbocycles. The van der Waals surface area contributed by atoms with Gasteiger partial charge in [0, 0.05) is 0 Å². The molecule has 2 rings (SSSR count). The maximum atomic E-state index is 5.82. The molecule has 0 saturated heterocycles. The van der Waals surface area contributed by atoms with Crippen molar-refractivity contribution in [1.29, 1.82) is 0 Å². The first-order chi connectivity index (χ1) is 6.76. The molecule has 0 N–H and O–H groups in total. The molecular weight excluding hydrogens is 222 g/mol. The summed E-state index contributed by atoms with van der Waals surface area (Å²) in [5.74, 6) is 1.30. The first kappa shape index (κ1) is 9.55. The third-order valence-corrected chi connectivity index (χ3v) is 3.00. The Morgan fingerprint density at radius 2 is 2.07 bits per heavy atom. The fraction of sp³-hybridized carbons (Fsp3) is 0.222. The molecule has 5 heteroatoms. The Bertz CT molecular complexity index is 469. The molecule has 2 aromatic rings. The number of ether oxygens (including phenoxy) is 2. The topological polar surface area (TPSA) is 31.4 Å². The Morgan fingerprint density at radius 3 is 2.71 bits per heavy atom. The summed E-state index contributed by atoms with van der Waals surface area (Å²) in [6.45, 7) is 0. The fourth-order valence-corrected chi connectivity index (χ4v) is 2.31. The first-order valence-electron chi connectivity index (χ1n) is 3.93. The molecule has 0 aliphatic heterocycles. The molecule has 0 radical (unpaired) electrons. The molecule has 0 unspecified atom stereocenters. The number of methoxy groups -OCH3 is 2. The highest BCUT2D eigenvalue weighted by Gasteiger charge is 2.12. The lowest BCUT2D eigenvalue weighted by atomic mass is 10.3. The summed E-state index contributed by atoms with van der Waals surface area (Å²) in [7, 11) is 3.18. The average Bonchev–Trinajstić information content (AvgIpc) is 2.56. The molecule has 74 valence electrons. The second-order valence-corrected chi connectivity index (χ2v) is 4.23. The van der Waals surface area contributed by atoms with Crippen LogP contribution in [0.1, 0.15) is 0 Å². The predicted molar refractivity (Wildman–Crippen MR) is 57.7 cm³/mol. The van der Waals surface area contributed by atoms with Crippen LogP contribution in [0.3, 0.4) is 0 Å². The summed E-state index contributed by atoms with van der Waals surface area (Å²) >= 11 is 7.24. The maximum Gasteiger partial charge on any atom is 0.188 e. The highest BCUT2D eigenvalue weighted by atomic mass is 35.5. The molecule has 14 heavy (non-hydrogen) atoms. The molecule has 0 fully saturated rings. The lowest BCUT2D eigenvalue weighted by Gasteiger charge is -2.06. The van der Waals surface area contributed by atoms with Gasteiger partial charge in [-0.15, -0.1) is 11.3 Å². The summed E-state index contributed by atoms with van der Waals surface area (Å²) in [6.07, 6.45) is 0.